The molecule has 0 saturated carbocycles. The van der Waals surface area contributed by atoms with Crippen LogP contribution in [0.1, 0.15) is 36.0 Å². The molecule has 0 atom stereocenters. The lowest BCUT2D eigenvalue weighted by Crippen LogP contribution is -2.41. The third kappa shape index (κ3) is 3.39. The van der Waals surface area contributed by atoms with Crippen LogP contribution in [0.4, 0.5) is 11.4 Å². The summed E-state index contributed by atoms with van der Waals surface area (Å²) >= 11 is 6.40. The van der Waals surface area contributed by atoms with Crippen molar-refractivity contribution in [2.75, 3.05) is 36.0 Å². The van der Waals surface area contributed by atoms with Gasteiger partial charge in [-0.15, -0.1) is 0 Å². The Morgan fingerprint density at radius 3 is 2.19 bits per heavy atom. The minimum absolute atomic E-state index is 0.411. The van der Waals surface area contributed by atoms with Gasteiger partial charge in [-0.2, -0.15) is 5.26 Å². The number of hydrogen-bond donors (Lipinski definition) is 0. The van der Waals surface area contributed by atoms with Crippen molar-refractivity contribution >= 4 is 23.0 Å². The maximum absolute atomic E-state index is 9.18. The Morgan fingerprint density at radius 1 is 0.926 bits per heavy atom. The van der Waals surface area contributed by atoms with Crippen molar-refractivity contribution in [2.24, 2.45) is 5.41 Å². The van der Waals surface area contributed by atoms with Crippen LogP contribution in [-0.4, -0.2) is 26.2 Å². The molecule has 2 aromatic rings. The molecule has 4 heteroatoms. The van der Waals surface area contributed by atoms with E-state index >= 15 is 0 Å². The Bertz CT molecular complexity index is 874. The van der Waals surface area contributed by atoms with Crippen LogP contribution in [0.2, 0.25) is 5.02 Å². The van der Waals surface area contributed by atoms with Gasteiger partial charge in [0.2, 0.25) is 0 Å². The van der Waals surface area contributed by atoms with Crippen molar-refractivity contribution in [1.82, 2.24) is 0 Å². The fourth-order valence-corrected chi connectivity index (χ4v) is 4.85. The highest BCUT2D eigenvalue weighted by Gasteiger charge is 2.41. The number of hydrogen-bond acceptors (Lipinski definition) is 3. The predicted octanol–water partition coefficient (Wildman–Crippen LogP) is 5.33. The number of aryl methyl sites for hydroxylation is 1. The third-order valence-corrected chi connectivity index (χ3v) is 6.97. The highest BCUT2D eigenvalue weighted by atomic mass is 35.5. The average molecular weight is 380 g/mol. The zero-order valence-corrected chi connectivity index (χ0v) is 16.9. The minimum Gasteiger partial charge on any atom is -0.371 e. The number of nitrogens with zero attached hydrogens (tertiary/aromatic N) is 3. The highest BCUT2D eigenvalue weighted by molar-refractivity contribution is 6.32. The van der Waals surface area contributed by atoms with Gasteiger partial charge in [0, 0.05) is 37.6 Å². The Hall–Kier alpha value is -2.18. The normalized spacial score (nSPS) is 18.7. The van der Waals surface area contributed by atoms with Crippen LogP contribution in [0.15, 0.2) is 36.4 Å². The molecule has 0 aliphatic carbocycles. The summed E-state index contributed by atoms with van der Waals surface area (Å²) in [7, 11) is 0. The summed E-state index contributed by atoms with van der Waals surface area (Å²) in [6.07, 6.45) is 3.71. The first kappa shape index (κ1) is 18.2. The molecule has 2 aliphatic rings. The van der Waals surface area contributed by atoms with E-state index in [2.05, 4.69) is 53.1 Å². The van der Waals surface area contributed by atoms with Gasteiger partial charge < -0.3 is 9.80 Å². The van der Waals surface area contributed by atoms with Crippen molar-refractivity contribution in [2.45, 2.75) is 33.1 Å². The number of piperidine rings is 1. The van der Waals surface area contributed by atoms with Crippen LogP contribution in [0, 0.1) is 30.6 Å². The van der Waals surface area contributed by atoms with Gasteiger partial charge in [0.25, 0.3) is 0 Å². The Labute approximate surface area is 167 Å². The summed E-state index contributed by atoms with van der Waals surface area (Å²) in [4.78, 5) is 5.00. The molecular weight excluding hydrogens is 354 g/mol. The maximum Gasteiger partial charge on any atom is 0.101 e. The fourth-order valence-electron chi connectivity index (χ4n) is 4.65. The van der Waals surface area contributed by atoms with Crippen molar-refractivity contribution in [1.29, 1.82) is 5.26 Å². The Balaban J connectivity index is 1.45. The van der Waals surface area contributed by atoms with Crippen molar-refractivity contribution in [3.8, 4) is 6.07 Å². The molecule has 0 amide bonds. The number of anilines is 2. The lowest BCUT2D eigenvalue weighted by atomic mass is 9.77. The summed E-state index contributed by atoms with van der Waals surface area (Å²) in [5.41, 5.74) is 5.86. The first-order valence-electron chi connectivity index (χ1n) is 9.77. The van der Waals surface area contributed by atoms with Gasteiger partial charge in [-0.3, -0.25) is 0 Å². The average Bonchev–Trinajstić information content (AvgIpc) is 3.09. The van der Waals surface area contributed by atoms with Crippen molar-refractivity contribution in [3.63, 3.8) is 0 Å². The fraction of sp³-hybridized carbons (Fsp3) is 0.435. The first-order chi connectivity index (χ1) is 13.0. The molecular formula is C23H26ClN3. The number of rotatable bonds is 2. The minimum atomic E-state index is 0.411. The molecule has 2 fully saturated rings. The largest absolute Gasteiger partial charge is 0.371 e. The summed E-state index contributed by atoms with van der Waals surface area (Å²) in [6, 6.07) is 15.0. The quantitative estimate of drug-likeness (QED) is 0.706. The second-order valence-electron chi connectivity index (χ2n) is 8.18. The second-order valence-corrected chi connectivity index (χ2v) is 8.56. The number of nitriles is 1. The van der Waals surface area contributed by atoms with E-state index in [9.17, 15) is 5.26 Å². The molecule has 0 aromatic heterocycles. The number of benzene rings is 2. The molecule has 2 aromatic carbocycles. The zero-order valence-electron chi connectivity index (χ0n) is 16.1. The smallest absolute Gasteiger partial charge is 0.101 e. The van der Waals surface area contributed by atoms with Crippen LogP contribution >= 0.6 is 11.6 Å². The lowest BCUT2D eigenvalue weighted by molar-refractivity contribution is 0.250. The first-order valence-corrected chi connectivity index (χ1v) is 10.1. The highest BCUT2D eigenvalue weighted by Crippen LogP contribution is 2.44. The molecule has 3 nitrogen and oxygen atoms in total. The van der Waals surface area contributed by atoms with Gasteiger partial charge in [0.05, 0.1) is 10.6 Å². The molecule has 0 radical (unpaired) electrons. The van der Waals surface area contributed by atoms with E-state index in [0.29, 0.717) is 16.0 Å². The van der Waals surface area contributed by atoms with Gasteiger partial charge in [0.15, 0.2) is 0 Å². The van der Waals surface area contributed by atoms with E-state index in [-0.39, 0.29) is 0 Å². The standard InChI is InChI=1S/C23H26ClN3/c1-17-3-6-20(7-4-17)26-12-9-23(10-13-26)11-14-27(16-23)21-8-5-19(15-25)22(24)18(21)2/h3-8H,9-14,16H2,1-2H3. The molecule has 0 N–H and O–H groups in total. The van der Waals surface area contributed by atoms with E-state index in [0.717, 1.165) is 31.7 Å². The summed E-state index contributed by atoms with van der Waals surface area (Å²) in [5, 5.41) is 9.78. The van der Waals surface area contributed by atoms with Crippen LogP contribution in [0.5, 0.6) is 0 Å². The van der Waals surface area contributed by atoms with E-state index in [4.69, 9.17) is 11.6 Å². The van der Waals surface area contributed by atoms with Gasteiger partial charge in [-0.25, -0.2) is 0 Å². The van der Waals surface area contributed by atoms with Crippen molar-refractivity contribution in [3.05, 3.63) is 58.1 Å². The van der Waals surface area contributed by atoms with Gasteiger partial charge in [-0.1, -0.05) is 29.3 Å². The van der Waals surface area contributed by atoms with Crippen LogP contribution in [0.3, 0.4) is 0 Å². The van der Waals surface area contributed by atoms with Gasteiger partial charge in [-0.05, 0) is 68.4 Å². The van der Waals surface area contributed by atoms with Crippen LogP contribution in [-0.2, 0) is 0 Å². The molecule has 0 bridgehead atoms. The summed E-state index contributed by atoms with van der Waals surface area (Å²) < 4.78 is 0. The monoisotopic (exact) mass is 379 g/mol. The maximum atomic E-state index is 9.18. The number of halogens is 1. The zero-order chi connectivity index (χ0) is 19.0. The van der Waals surface area contributed by atoms with Crippen LogP contribution in [0.25, 0.3) is 0 Å². The molecule has 140 valence electrons. The van der Waals surface area contributed by atoms with E-state index < -0.39 is 0 Å². The molecule has 27 heavy (non-hydrogen) atoms. The summed E-state index contributed by atoms with van der Waals surface area (Å²) in [5.74, 6) is 0. The Morgan fingerprint density at radius 2 is 1.56 bits per heavy atom. The molecule has 4 rings (SSSR count). The van der Waals surface area contributed by atoms with E-state index in [1.165, 1.54) is 36.2 Å². The molecule has 2 heterocycles. The van der Waals surface area contributed by atoms with Crippen molar-refractivity contribution < 1.29 is 0 Å². The van der Waals surface area contributed by atoms with Crippen LogP contribution < -0.4 is 9.80 Å². The topological polar surface area (TPSA) is 30.3 Å². The third-order valence-electron chi connectivity index (χ3n) is 6.48. The lowest BCUT2D eigenvalue weighted by Gasteiger charge is -2.40. The Kier molecular flexibility index (Phi) is 4.78. The van der Waals surface area contributed by atoms with E-state index in [1.54, 1.807) is 0 Å². The molecule has 2 aliphatic heterocycles. The van der Waals surface area contributed by atoms with Gasteiger partial charge in [0.1, 0.15) is 6.07 Å². The molecule has 0 unspecified atom stereocenters. The van der Waals surface area contributed by atoms with Gasteiger partial charge >= 0.3 is 0 Å². The van der Waals surface area contributed by atoms with E-state index in [1.807, 2.05) is 13.0 Å². The molecule has 2 saturated heterocycles. The second kappa shape index (κ2) is 7.09. The SMILES string of the molecule is Cc1ccc(N2CCC3(CC2)CCN(c2ccc(C#N)c(Cl)c2C)C3)cc1. The molecule has 1 spiro atoms. The summed E-state index contributed by atoms with van der Waals surface area (Å²) in [6.45, 7) is 8.60. The predicted molar refractivity (Wildman–Crippen MR) is 113 cm³/mol.